The highest BCUT2D eigenvalue weighted by atomic mass is 16.3. The molecule has 2 N–H and O–H groups in total. The van der Waals surface area contributed by atoms with Crippen molar-refractivity contribution in [3.05, 3.63) is 78.1 Å². The summed E-state index contributed by atoms with van der Waals surface area (Å²) in [7, 11) is 0. The fraction of sp³-hybridized carbons (Fsp3) is 0. The van der Waals surface area contributed by atoms with Crippen LogP contribution in [-0.4, -0.2) is 29.0 Å². The Bertz CT molecular complexity index is 1160. The number of fused-ring (bicyclic) bond motifs is 2. The second kappa shape index (κ2) is 6.03. The molecule has 0 fully saturated rings. The Hall–Kier alpha value is -3.76. The zero-order valence-electron chi connectivity index (χ0n) is 13.1. The molecule has 0 radical (unpaired) electrons. The zero-order chi connectivity index (χ0) is 17.2. The van der Waals surface area contributed by atoms with Crippen LogP contribution < -0.4 is 0 Å². The van der Waals surface area contributed by atoms with Gasteiger partial charge >= 0.3 is 0 Å². The molecule has 25 heavy (non-hydrogen) atoms. The molecule has 0 aliphatic carbocycles. The minimum atomic E-state index is 0.0680. The molecule has 122 valence electrons. The summed E-state index contributed by atoms with van der Waals surface area (Å²) in [6.07, 6.45) is 10.1. The summed E-state index contributed by atoms with van der Waals surface area (Å²) in [5.74, 6) is 0.153. The summed E-state index contributed by atoms with van der Waals surface area (Å²) in [6, 6.07) is 11.0. The maximum atomic E-state index is 10.1. The van der Waals surface area contributed by atoms with Crippen molar-refractivity contribution in [2.24, 2.45) is 0 Å². The van der Waals surface area contributed by atoms with E-state index < -0.39 is 0 Å². The van der Waals surface area contributed by atoms with Crippen LogP contribution in [0.2, 0.25) is 0 Å². The van der Waals surface area contributed by atoms with E-state index in [0.717, 1.165) is 0 Å². The predicted molar refractivity (Wildman–Crippen MR) is 95.3 cm³/mol. The molecular weight excluding hydrogens is 316 g/mol. The monoisotopic (exact) mass is 330 g/mol. The smallest absolute Gasteiger partial charge is 0.224 e. The normalized spacial score (nSPS) is 11.2. The Balaban J connectivity index is 1.58. The maximum Gasteiger partial charge on any atom is 0.224 e. The van der Waals surface area contributed by atoms with Crippen LogP contribution in [0, 0.1) is 0 Å². The van der Waals surface area contributed by atoms with E-state index in [-0.39, 0.29) is 11.8 Å². The van der Waals surface area contributed by atoms with Gasteiger partial charge in [0.05, 0.1) is 0 Å². The quantitative estimate of drug-likeness (QED) is 0.446. The number of nitrogens with zero attached hydrogens (tertiary/aromatic N) is 4. The van der Waals surface area contributed by atoms with Gasteiger partial charge in [0.1, 0.15) is 22.7 Å². The molecule has 4 aromatic rings. The summed E-state index contributed by atoms with van der Waals surface area (Å²) in [6.45, 7) is 0. The third-order valence-corrected chi connectivity index (χ3v) is 3.73. The van der Waals surface area contributed by atoms with Gasteiger partial charge in [0, 0.05) is 18.5 Å². The first kappa shape index (κ1) is 14.8. The number of pyridine rings is 2. The van der Waals surface area contributed by atoms with Crippen LogP contribution in [-0.2, 0) is 0 Å². The molecule has 0 bridgehead atoms. The summed E-state index contributed by atoms with van der Waals surface area (Å²) in [4.78, 5) is 8.63. The van der Waals surface area contributed by atoms with Crippen molar-refractivity contribution in [2.45, 2.75) is 0 Å². The van der Waals surface area contributed by atoms with Crippen molar-refractivity contribution in [3.8, 4) is 11.8 Å². The second-order valence-electron chi connectivity index (χ2n) is 5.34. The molecule has 0 aliphatic rings. The van der Waals surface area contributed by atoms with Gasteiger partial charge in [-0.1, -0.05) is 18.2 Å². The molecule has 0 saturated heterocycles. The molecule has 4 aromatic heterocycles. The van der Waals surface area contributed by atoms with E-state index in [4.69, 9.17) is 0 Å². The van der Waals surface area contributed by atoms with E-state index >= 15 is 0 Å². The lowest BCUT2D eigenvalue weighted by Crippen LogP contribution is -1.80. The topological polar surface area (TPSA) is 75.1 Å². The highest BCUT2D eigenvalue weighted by Crippen LogP contribution is 2.21. The standard InChI is InChI=1S/C19H14N4O2/c24-18-14(20-16-10-4-6-12-22(16)18)8-2-1-3-9-15-19(25)23-13-7-5-11-17(23)21-15/h1-2,4-13,24-25H. The lowest BCUT2D eigenvalue weighted by atomic mass is 10.3. The van der Waals surface area contributed by atoms with Gasteiger partial charge in [-0.3, -0.25) is 8.80 Å². The van der Waals surface area contributed by atoms with Gasteiger partial charge in [-0.05, 0) is 36.4 Å². The van der Waals surface area contributed by atoms with Gasteiger partial charge in [0.2, 0.25) is 11.8 Å². The van der Waals surface area contributed by atoms with Crippen molar-refractivity contribution in [3.63, 3.8) is 0 Å². The second-order valence-corrected chi connectivity index (χ2v) is 5.34. The van der Waals surface area contributed by atoms with Crippen molar-refractivity contribution in [1.29, 1.82) is 0 Å². The lowest BCUT2D eigenvalue weighted by molar-refractivity contribution is 0.446. The third-order valence-electron chi connectivity index (χ3n) is 3.73. The number of hydrogen-bond acceptors (Lipinski definition) is 4. The Morgan fingerprint density at radius 2 is 1.44 bits per heavy atom. The molecule has 0 aromatic carbocycles. The van der Waals surface area contributed by atoms with Crippen LogP contribution in [0.25, 0.3) is 23.4 Å². The Kier molecular flexibility index (Phi) is 3.57. The number of allylic oxidation sites excluding steroid dienone is 2. The molecule has 6 heteroatoms. The molecule has 0 aliphatic heterocycles. The Morgan fingerprint density at radius 3 is 2.08 bits per heavy atom. The molecule has 4 rings (SSSR count). The zero-order valence-corrected chi connectivity index (χ0v) is 13.1. The highest BCUT2D eigenvalue weighted by molar-refractivity contribution is 5.60. The van der Waals surface area contributed by atoms with Crippen molar-refractivity contribution < 1.29 is 10.2 Å². The molecule has 0 unspecified atom stereocenters. The summed E-state index contributed by atoms with van der Waals surface area (Å²) < 4.78 is 3.20. The first-order valence-corrected chi connectivity index (χ1v) is 7.65. The molecule has 0 spiro atoms. The fourth-order valence-corrected chi connectivity index (χ4v) is 2.53. The largest absolute Gasteiger partial charge is 0.493 e. The third kappa shape index (κ3) is 2.67. The van der Waals surface area contributed by atoms with E-state index in [9.17, 15) is 10.2 Å². The van der Waals surface area contributed by atoms with Crippen LogP contribution >= 0.6 is 0 Å². The summed E-state index contributed by atoms with van der Waals surface area (Å²) in [5.41, 5.74) is 5.19. The van der Waals surface area contributed by atoms with E-state index in [2.05, 4.69) is 15.7 Å². The van der Waals surface area contributed by atoms with Gasteiger partial charge in [-0.15, -0.1) is 5.73 Å². The first-order chi connectivity index (χ1) is 12.2. The summed E-state index contributed by atoms with van der Waals surface area (Å²) >= 11 is 0. The van der Waals surface area contributed by atoms with Crippen LogP contribution in [0.15, 0.2) is 66.7 Å². The molecule has 4 heterocycles. The summed E-state index contributed by atoms with van der Waals surface area (Å²) in [5, 5.41) is 20.2. The Labute approximate surface area is 143 Å². The van der Waals surface area contributed by atoms with E-state index in [1.165, 1.54) is 0 Å². The maximum absolute atomic E-state index is 10.1. The van der Waals surface area contributed by atoms with Crippen LogP contribution in [0.4, 0.5) is 0 Å². The first-order valence-electron chi connectivity index (χ1n) is 7.65. The number of aromatic hydroxyl groups is 2. The Morgan fingerprint density at radius 1 is 0.840 bits per heavy atom. The van der Waals surface area contributed by atoms with Crippen molar-refractivity contribution in [1.82, 2.24) is 18.8 Å². The molecule has 0 amide bonds. The van der Waals surface area contributed by atoms with Gasteiger partial charge in [-0.25, -0.2) is 9.97 Å². The van der Waals surface area contributed by atoms with Gasteiger partial charge < -0.3 is 10.2 Å². The van der Waals surface area contributed by atoms with Crippen molar-refractivity contribution >= 4 is 23.4 Å². The van der Waals surface area contributed by atoms with E-state index in [0.29, 0.717) is 22.7 Å². The van der Waals surface area contributed by atoms with Crippen LogP contribution in [0.3, 0.4) is 0 Å². The van der Waals surface area contributed by atoms with Gasteiger partial charge in [0.15, 0.2) is 0 Å². The van der Waals surface area contributed by atoms with Crippen LogP contribution in [0.5, 0.6) is 11.8 Å². The lowest BCUT2D eigenvalue weighted by Gasteiger charge is -1.92. The van der Waals surface area contributed by atoms with Gasteiger partial charge in [-0.2, -0.15) is 0 Å². The van der Waals surface area contributed by atoms with Gasteiger partial charge in [0.25, 0.3) is 0 Å². The SMILES string of the molecule is Oc1c(C=C=CC=Cc2nc3ccccn3c2O)nc2ccccn12. The molecule has 6 nitrogen and oxygen atoms in total. The molecule has 0 saturated carbocycles. The number of rotatable bonds is 3. The number of imidazole rings is 2. The predicted octanol–water partition coefficient (Wildman–Crippen LogP) is 3.27. The average Bonchev–Trinajstić information content (AvgIpc) is 3.13. The minimum absolute atomic E-state index is 0.0680. The van der Waals surface area contributed by atoms with Crippen molar-refractivity contribution in [2.75, 3.05) is 0 Å². The van der Waals surface area contributed by atoms with E-state index in [1.807, 2.05) is 36.4 Å². The van der Waals surface area contributed by atoms with Crippen LogP contribution in [0.1, 0.15) is 11.4 Å². The minimum Gasteiger partial charge on any atom is -0.493 e. The molecular formula is C19H14N4O2. The number of hydrogen-bond donors (Lipinski definition) is 2. The average molecular weight is 330 g/mol. The number of aromatic nitrogens is 4. The fourth-order valence-electron chi connectivity index (χ4n) is 2.53. The highest BCUT2D eigenvalue weighted by Gasteiger charge is 2.07. The molecule has 0 atom stereocenters. The van der Waals surface area contributed by atoms with E-state index in [1.54, 1.807) is 45.5 Å².